The van der Waals surface area contributed by atoms with Gasteiger partial charge < -0.3 is 24.8 Å². The maximum atomic E-state index is 5.32. The molecular formula is C14H24N2O3. The highest BCUT2D eigenvalue weighted by molar-refractivity contribution is 5.53. The van der Waals surface area contributed by atoms with Crippen LogP contribution in [0.1, 0.15) is 12.5 Å². The Balaban J connectivity index is 2.68. The molecule has 0 spiro atoms. The van der Waals surface area contributed by atoms with E-state index in [9.17, 15) is 0 Å². The van der Waals surface area contributed by atoms with Crippen molar-refractivity contribution in [1.29, 1.82) is 0 Å². The van der Waals surface area contributed by atoms with E-state index >= 15 is 0 Å². The number of hydrogen-bond acceptors (Lipinski definition) is 5. The molecule has 0 saturated carbocycles. The van der Waals surface area contributed by atoms with Gasteiger partial charge in [0.05, 0.1) is 21.3 Å². The molecule has 0 aliphatic carbocycles. The summed E-state index contributed by atoms with van der Waals surface area (Å²) in [4.78, 5) is 0. The summed E-state index contributed by atoms with van der Waals surface area (Å²) in [7, 11) is 4.86. The number of methoxy groups -OCH3 is 3. The molecule has 0 amide bonds. The average Bonchev–Trinajstić information content (AvgIpc) is 2.45. The van der Waals surface area contributed by atoms with Crippen molar-refractivity contribution in [1.82, 2.24) is 10.6 Å². The molecule has 0 radical (unpaired) electrons. The Kier molecular flexibility index (Phi) is 7.07. The standard InChI is InChI=1S/C14H24N2O3/c1-5-15-6-7-16-10-11-8-12(17-2)14(19-4)13(9-11)18-3/h8-9,15-16H,5-7,10H2,1-4H3. The molecular weight excluding hydrogens is 244 g/mol. The number of hydrogen-bond donors (Lipinski definition) is 2. The minimum atomic E-state index is 0.626. The van der Waals surface area contributed by atoms with Crippen LogP contribution in [-0.2, 0) is 6.54 Å². The average molecular weight is 268 g/mol. The lowest BCUT2D eigenvalue weighted by Gasteiger charge is -2.14. The third kappa shape index (κ3) is 4.61. The molecule has 2 N–H and O–H groups in total. The largest absolute Gasteiger partial charge is 0.493 e. The van der Waals surface area contributed by atoms with Crippen LogP contribution in [0.2, 0.25) is 0 Å². The molecule has 0 aliphatic rings. The van der Waals surface area contributed by atoms with E-state index in [0.29, 0.717) is 17.2 Å². The number of ether oxygens (including phenoxy) is 3. The first-order chi connectivity index (χ1) is 9.26. The maximum absolute atomic E-state index is 5.32. The number of nitrogens with one attached hydrogen (secondary N) is 2. The van der Waals surface area contributed by atoms with Gasteiger partial charge in [-0.1, -0.05) is 6.92 Å². The van der Waals surface area contributed by atoms with Crippen LogP contribution < -0.4 is 24.8 Å². The number of benzene rings is 1. The highest BCUT2D eigenvalue weighted by atomic mass is 16.5. The molecule has 0 aliphatic heterocycles. The lowest BCUT2D eigenvalue weighted by atomic mass is 10.2. The smallest absolute Gasteiger partial charge is 0.203 e. The van der Waals surface area contributed by atoms with E-state index < -0.39 is 0 Å². The van der Waals surface area contributed by atoms with Crippen LogP contribution in [0.4, 0.5) is 0 Å². The third-order valence-corrected chi connectivity index (χ3v) is 2.78. The van der Waals surface area contributed by atoms with E-state index in [2.05, 4.69) is 17.6 Å². The van der Waals surface area contributed by atoms with Gasteiger partial charge in [-0.2, -0.15) is 0 Å². The Morgan fingerprint density at radius 1 is 0.895 bits per heavy atom. The fourth-order valence-electron chi connectivity index (χ4n) is 1.82. The Labute approximate surface area is 115 Å². The number of likely N-dealkylation sites (N-methyl/N-ethyl adjacent to an activating group) is 1. The topological polar surface area (TPSA) is 51.8 Å². The summed E-state index contributed by atoms with van der Waals surface area (Å²) < 4.78 is 15.9. The third-order valence-electron chi connectivity index (χ3n) is 2.78. The van der Waals surface area contributed by atoms with E-state index in [1.165, 1.54) is 0 Å². The van der Waals surface area contributed by atoms with Crippen molar-refractivity contribution in [3.63, 3.8) is 0 Å². The molecule has 0 saturated heterocycles. The predicted molar refractivity (Wildman–Crippen MR) is 76.3 cm³/mol. The van der Waals surface area contributed by atoms with Crippen LogP contribution in [0.15, 0.2) is 12.1 Å². The summed E-state index contributed by atoms with van der Waals surface area (Å²) >= 11 is 0. The molecule has 19 heavy (non-hydrogen) atoms. The van der Waals surface area contributed by atoms with Crippen molar-refractivity contribution in [3.05, 3.63) is 17.7 Å². The minimum absolute atomic E-state index is 0.626. The second-order valence-electron chi connectivity index (χ2n) is 4.06. The summed E-state index contributed by atoms with van der Waals surface area (Å²) in [5.74, 6) is 2.00. The fraction of sp³-hybridized carbons (Fsp3) is 0.571. The molecule has 0 unspecified atom stereocenters. The van der Waals surface area contributed by atoms with Gasteiger partial charge in [0.15, 0.2) is 11.5 Å². The molecule has 5 heteroatoms. The lowest BCUT2D eigenvalue weighted by molar-refractivity contribution is 0.323. The maximum Gasteiger partial charge on any atom is 0.203 e. The van der Waals surface area contributed by atoms with Crippen LogP contribution >= 0.6 is 0 Å². The van der Waals surface area contributed by atoms with Crippen molar-refractivity contribution < 1.29 is 14.2 Å². The first kappa shape index (κ1) is 15.6. The zero-order valence-corrected chi connectivity index (χ0v) is 12.2. The van der Waals surface area contributed by atoms with Crippen molar-refractivity contribution >= 4 is 0 Å². The summed E-state index contributed by atoms with van der Waals surface area (Å²) in [6.45, 7) is 5.73. The molecule has 0 fully saturated rings. The number of rotatable bonds is 9. The highest BCUT2D eigenvalue weighted by Crippen LogP contribution is 2.38. The second kappa shape index (κ2) is 8.61. The van der Waals surface area contributed by atoms with Gasteiger partial charge in [0.2, 0.25) is 5.75 Å². The molecule has 108 valence electrons. The molecule has 1 aromatic rings. The van der Waals surface area contributed by atoms with Gasteiger partial charge in [-0.25, -0.2) is 0 Å². The molecule has 0 bridgehead atoms. The molecule has 5 nitrogen and oxygen atoms in total. The van der Waals surface area contributed by atoms with Gasteiger partial charge in [0, 0.05) is 19.6 Å². The van der Waals surface area contributed by atoms with E-state index in [1.54, 1.807) is 21.3 Å². The normalized spacial score (nSPS) is 10.3. The summed E-state index contributed by atoms with van der Waals surface area (Å²) in [5.41, 5.74) is 1.10. The Morgan fingerprint density at radius 3 is 1.95 bits per heavy atom. The van der Waals surface area contributed by atoms with Gasteiger partial charge >= 0.3 is 0 Å². The molecule has 0 aromatic heterocycles. The second-order valence-corrected chi connectivity index (χ2v) is 4.06. The van der Waals surface area contributed by atoms with Crippen LogP contribution in [0, 0.1) is 0 Å². The van der Waals surface area contributed by atoms with Crippen molar-refractivity contribution in [2.75, 3.05) is 41.0 Å². The fourth-order valence-corrected chi connectivity index (χ4v) is 1.82. The van der Waals surface area contributed by atoms with Crippen molar-refractivity contribution in [2.24, 2.45) is 0 Å². The predicted octanol–water partition coefficient (Wildman–Crippen LogP) is 1.41. The first-order valence-electron chi connectivity index (χ1n) is 6.47. The van der Waals surface area contributed by atoms with Gasteiger partial charge in [-0.3, -0.25) is 0 Å². The van der Waals surface area contributed by atoms with Crippen LogP contribution in [-0.4, -0.2) is 41.0 Å². The summed E-state index contributed by atoms with van der Waals surface area (Å²) in [6, 6.07) is 3.92. The molecule has 0 heterocycles. The van der Waals surface area contributed by atoms with Crippen LogP contribution in [0.25, 0.3) is 0 Å². The van der Waals surface area contributed by atoms with E-state index in [-0.39, 0.29) is 0 Å². The van der Waals surface area contributed by atoms with Crippen LogP contribution in [0.3, 0.4) is 0 Å². The van der Waals surface area contributed by atoms with Crippen molar-refractivity contribution in [3.8, 4) is 17.2 Å². The highest BCUT2D eigenvalue weighted by Gasteiger charge is 2.12. The Bertz CT molecular complexity index is 358. The van der Waals surface area contributed by atoms with Gasteiger partial charge in [0.25, 0.3) is 0 Å². The zero-order valence-electron chi connectivity index (χ0n) is 12.2. The van der Waals surface area contributed by atoms with Gasteiger partial charge in [0.1, 0.15) is 0 Å². The Morgan fingerprint density at radius 2 is 1.47 bits per heavy atom. The molecule has 1 aromatic carbocycles. The van der Waals surface area contributed by atoms with E-state index in [4.69, 9.17) is 14.2 Å². The quantitative estimate of drug-likeness (QED) is 0.663. The molecule has 1 rings (SSSR count). The SMILES string of the molecule is CCNCCNCc1cc(OC)c(OC)c(OC)c1. The summed E-state index contributed by atoms with van der Waals surface area (Å²) in [6.07, 6.45) is 0. The van der Waals surface area contributed by atoms with E-state index in [1.807, 2.05) is 12.1 Å². The summed E-state index contributed by atoms with van der Waals surface area (Å²) in [5, 5.41) is 6.63. The lowest BCUT2D eigenvalue weighted by Crippen LogP contribution is -2.26. The minimum Gasteiger partial charge on any atom is -0.493 e. The van der Waals surface area contributed by atoms with Crippen molar-refractivity contribution in [2.45, 2.75) is 13.5 Å². The zero-order chi connectivity index (χ0) is 14.1. The Hall–Kier alpha value is -1.46. The van der Waals surface area contributed by atoms with Crippen LogP contribution in [0.5, 0.6) is 17.2 Å². The van der Waals surface area contributed by atoms with Gasteiger partial charge in [-0.05, 0) is 24.2 Å². The monoisotopic (exact) mass is 268 g/mol. The van der Waals surface area contributed by atoms with E-state index in [0.717, 1.165) is 31.7 Å². The molecule has 0 atom stereocenters. The first-order valence-corrected chi connectivity index (χ1v) is 6.47. The van der Waals surface area contributed by atoms with Gasteiger partial charge in [-0.15, -0.1) is 0 Å².